The maximum atomic E-state index is 4.15. The van der Waals surface area contributed by atoms with Gasteiger partial charge in [-0.05, 0) is 18.1 Å². The van der Waals surface area contributed by atoms with Gasteiger partial charge in [0, 0.05) is 18.0 Å². The minimum atomic E-state index is 0.873. The quantitative estimate of drug-likeness (QED) is 0.680. The van der Waals surface area contributed by atoms with Crippen molar-refractivity contribution in [1.29, 1.82) is 0 Å². The van der Waals surface area contributed by atoms with E-state index >= 15 is 0 Å². The summed E-state index contributed by atoms with van der Waals surface area (Å²) in [5, 5.41) is 3.34. The molecular formula is C10H15NS. The molecule has 1 aromatic rings. The number of aryl methyl sites for hydroxylation is 1. The van der Waals surface area contributed by atoms with E-state index in [1.54, 1.807) is 0 Å². The summed E-state index contributed by atoms with van der Waals surface area (Å²) in [5.41, 5.74) is 2.62. The van der Waals surface area contributed by atoms with E-state index in [1.807, 2.05) is 0 Å². The van der Waals surface area contributed by atoms with E-state index in [0.29, 0.717) is 0 Å². The number of hydrogen-bond donors (Lipinski definition) is 2. The van der Waals surface area contributed by atoms with Crippen molar-refractivity contribution in [2.45, 2.75) is 13.3 Å². The highest BCUT2D eigenvalue weighted by Gasteiger charge is 1.96. The smallest absolute Gasteiger partial charge is 0.0372 e. The third kappa shape index (κ3) is 2.45. The molecule has 0 bridgehead atoms. The van der Waals surface area contributed by atoms with E-state index in [4.69, 9.17) is 0 Å². The van der Waals surface area contributed by atoms with Crippen molar-refractivity contribution in [3.05, 3.63) is 29.8 Å². The molecule has 0 saturated heterocycles. The third-order valence-electron chi connectivity index (χ3n) is 1.83. The zero-order chi connectivity index (χ0) is 8.81. The van der Waals surface area contributed by atoms with Crippen molar-refractivity contribution < 1.29 is 0 Å². The lowest BCUT2D eigenvalue weighted by molar-refractivity contribution is 1.12. The molecule has 0 heterocycles. The average Bonchev–Trinajstić information content (AvgIpc) is 2.15. The molecule has 66 valence electrons. The lowest BCUT2D eigenvalue weighted by atomic mass is 10.1. The molecule has 0 saturated carbocycles. The van der Waals surface area contributed by atoms with Crippen molar-refractivity contribution >= 4 is 18.3 Å². The fraction of sp³-hybridized carbons (Fsp3) is 0.400. The normalized spacial score (nSPS) is 9.83. The van der Waals surface area contributed by atoms with Gasteiger partial charge < -0.3 is 5.32 Å². The largest absolute Gasteiger partial charge is 0.384 e. The Kier molecular flexibility index (Phi) is 4.01. The predicted molar refractivity (Wildman–Crippen MR) is 58.2 cm³/mol. The molecular weight excluding hydrogens is 166 g/mol. The van der Waals surface area contributed by atoms with Gasteiger partial charge in [-0.15, -0.1) is 0 Å². The maximum Gasteiger partial charge on any atom is 0.0372 e. The Hall–Kier alpha value is -0.630. The molecule has 0 radical (unpaired) electrons. The first-order valence-corrected chi connectivity index (χ1v) is 4.94. The average molecular weight is 181 g/mol. The van der Waals surface area contributed by atoms with E-state index in [2.05, 4.69) is 49.1 Å². The minimum Gasteiger partial charge on any atom is -0.384 e. The van der Waals surface area contributed by atoms with Crippen molar-refractivity contribution in [3.8, 4) is 0 Å². The third-order valence-corrected chi connectivity index (χ3v) is 2.05. The van der Waals surface area contributed by atoms with Crippen LogP contribution in [-0.4, -0.2) is 12.3 Å². The van der Waals surface area contributed by atoms with Gasteiger partial charge in [0.2, 0.25) is 0 Å². The van der Waals surface area contributed by atoms with Crippen LogP contribution in [0.3, 0.4) is 0 Å². The molecule has 0 atom stereocenters. The molecule has 0 amide bonds. The molecule has 0 unspecified atom stereocenters. The summed E-state index contributed by atoms with van der Waals surface area (Å²) >= 11 is 4.15. The van der Waals surface area contributed by atoms with Crippen LogP contribution >= 0.6 is 12.6 Å². The molecule has 1 nitrogen and oxygen atoms in total. The number of benzene rings is 1. The maximum absolute atomic E-state index is 4.15. The Labute approximate surface area is 79.6 Å². The first-order valence-electron chi connectivity index (χ1n) is 4.31. The van der Waals surface area contributed by atoms with Gasteiger partial charge in [-0.25, -0.2) is 0 Å². The molecule has 12 heavy (non-hydrogen) atoms. The Morgan fingerprint density at radius 1 is 1.33 bits per heavy atom. The van der Waals surface area contributed by atoms with Gasteiger partial charge in [0.1, 0.15) is 0 Å². The van der Waals surface area contributed by atoms with Gasteiger partial charge in [-0.3, -0.25) is 0 Å². The fourth-order valence-corrected chi connectivity index (χ4v) is 1.30. The molecule has 0 spiro atoms. The standard InChI is InChI=1S/C10H15NS/c1-2-9-5-3-4-6-10(9)11-7-8-12/h3-6,11-12H,2,7-8H2,1H3. The number of para-hydroxylation sites is 1. The van der Waals surface area contributed by atoms with Crippen LogP contribution in [0, 0.1) is 0 Å². The summed E-state index contributed by atoms with van der Waals surface area (Å²) in [5.74, 6) is 0.873. The van der Waals surface area contributed by atoms with Crippen LogP contribution in [0.1, 0.15) is 12.5 Å². The highest BCUT2D eigenvalue weighted by molar-refractivity contribution is 7.80. The van der Waals surface area contributed by atoms with Gasteiger partial charge >= 0.3 is 0 Å². The number of anilines is 1. The molecule has 0 fully saturated rings. The summed E-state index contributed by atoms with van der Waals surface area (Å²) in [4.78, 5) is 0. The fourth-order valence-electron chi connectivity index (χ4n) is 1.19. The summed E-state index contributed by atoms with van der Waals surface area (Å²) in [6.07, 6.45) is 1.08. The Morgan fingerprint density at radius 3 is 2.75 bits per heavy atom. The van der Waals surface area contributed by atoms with Crippen molar-refractivity contribution in [3.63, 3.8) is 0 Å². The van der Waals surface area contributed by atoms with E-state index in [1.165, 1.54) is 11.3 Å². The van der Waals surface area contributed by atoms with Gasteiger partial charge in [0.25, 0.3) is 0 Å². The Morgan fingerprint density at radius 2 is 2.08 bits per heavy atom. The second-order valence-electron chi connectivity index (χ2n) is 2.66. The van der Waals surface area contributed by atoms with Crippen molar-refractivity contribution in [1.82, 2.24) is 0 Å². The topological polar surface area (TPSA) is 12.0 Å². The van der Waals surface area contributed by atoms with E-state index < -0.39 is 0 Å². The van der Waals surface area contributed by atoms with Gasteiger partial charge in [-0.1, -0.05) is 25.1 Å². The van der Waals surface area contributed by atoms with Crippen LogP contribution in [0.4, 0.5) is 5.69 Å². The van der Waals surface area contributed by atoms with Crippen LogP contribution in [0.2, 0.25) is 0 Å². The number of thiol groups is 1. The summed E-state index contributed by atoms with van der Waals surface area (Å²) in [7, 11) is 0. The van der Waals surface area contributed by atoms with Gasteiger partial charge in [-0.2, -0.15) is 12.6 Å². The zero-order valence-electron chi connectivity index (χ0n) is 7.38. The molecule has 1 rings (SSSR count). The van der Waals surface area contributed by atoms with E-state index in [0.717, 1.165) is 18.7 Å². The molecule has 2 heteroatoms. The SMILES string of the molecule is CCc1ccccc1NCCS. The first-order chi connectivity index (χ1) is 5.88. The van der Waals surface area contributed by atoms with Crippen LogP contribution in [0.15, 0.2) is 24.3 Å². The molecule has 0 aromatic heterocycles. The highest BCUT2D eigenvalue weighted by atomic mass is 32.1. The second kappa shape index (κ2) is 5.09. The van der Waals surface area contributed by atoms with Crippen LogP contribution in [-0.2, 0) is 6.42 Å². The van der Waals surface area contributed by atoms with Crippen LogP contribution < -0.4 is 5.32 Å². The van der Waals surface area contributed by atoms with Crippen molar-refractivity contribution in [2.24, 2.45) is 0 Å². The van der Waals surface area contributed by atoms with Crippen molar-refractivity contribution in [2.75, 3.05) is 17.6 Å². The lowest BCUT2D eigenvalue weighted by Crippen LogP contribution is -2.04. The van der Waals surface area contributed by atoms with Crippen LogP contribution in [0.5, 0.6) is 0 Å². The molecule has 1 aromatic carbocycles. The minimum absolute atomic E-state index is 0.873. The Bertz CT molecular complexity index is 235. The lowest BCUT2D eigenvalue weighted by Gasteiger charge is -2.08. The van der Waals surface area contributed by atoms with E-state index in [-0.39, 0.29) is 0 Å². The molecule has 1 N–H and O–H groups in total. The van der Waals surface area contributed by atoms with Gasteiger partial charge in [0.05, 0.1) is 0 Å². The molecule has 0 aliphatic carbocycles. The summed E-state index contributed by atoms with van der Waals surface area (Å²) < 4.78 is 0. The number of rotatable bonds is 4. The zero-order valence-corrected chi connectivity index (χ0v) is 8.27. The summed E-state index contributed by atoms with van der Waals surface area (Å²) in [6.45, 7) is 3.10. The summed E-state index contributed by atoms with van der Waals surface area (Å²) in [6, 6.07) is 8.40. The monoisotopic (exact) mass is 181 g/mol. The molecule has 0 aliphatic heterocycles. The van der Waals surface area contributed by atoms with Gasteiger partial charge in [0.15, 0.2) is 0 Å². The second-order valence-corrected chi connectivity index (χ2v) is 3.11. The number of hydrogen-bond acceptors (Lipinski definition) is 2. The Balaban J connectivity index is 2.68. The molecule has 0 aliphatic rings. The van der Waals surface area contributed by atoms with E-state index in [9.17, 15) is 0 Å². The predicted octanol–water partition coefficient (Wildman–Crippen LogP) is 2.59. The van der Waals surface area contributed by atoms with Crippen LogP contribution in [0.25, 0.3) is 0 Å². The highest BCUT2D eigenvalue weighted by Crippen LogP contribution is 2.14. The first kappa shape index (κ1) is 9.46. The number of nitrogens with one attached hydrogen (secondary N) is 1.